The third-order valence-corrected chi connectivity index (χ3v) is 4.53. The first-order valence-electron chi connectivity index (χ1n) is 8.87. The van der Waals surface area contributed by atoms with Crippen LogP contribution in [0.2, 0.25) is 0 Å². The van der Waals surface area contributed by atoms with Gasteiger partial charge in [0.15, 0.2) is 5.96 Å². The SMILES string of the molecule is CN=C(NCC(OC)c1ccccc1)N1CCN(c2ncccn2)CC1.I. The molecule has 1 unspecified atom stereocenters. The highest BCUT2D eigenvalue weighted by Gasteiger charge is 2.21. The Bertz CT molecular complexity index is 692. The number of hydrogen-bond donors (Lipinski definition) is 1. The van der Waals surface area contributed by atoms with Gasteiger partial charge in [0.2, 0.25) is 5.95 Å². The van der Waals surface area contributed by atoms with Gasteiger partial charge in [-0.1, -0.05) is 30.3 Å². The molecule has 0 bridgehead atoms. The molecule has 0 amide bonds. The standard InChI is InChI=1S/C19H26N6O.HI/c1-20-18(23-15-17(26-2)16-7-4-3-5-8-16)24-11-13-25(14-12-24)19-21-9-6-10-22-19;/h3-10,17H,11-15H2,1-2H3,(H,20,23);1H. The third kappa shape index (κ3) is 5.77. The maximum absolute atomic E-state index is 5.63. The van der Waals surface area contributed by atoms with E-state index in [1.165, 1.54) is 0 Å². The predicted octanol–water partition coefficient (Wildman–Crippen LogP) is 2.18. The summed E-state index contributed by atoms with van der Waals surface area (Å²) in [5, 5.41) is 3.44. The zero-order valence-corrected chi connectivity index (χ0v) is 18.1. The Morgan fingerprint density at radius 3 is 2.37 bits per heavy atom. The molecule has 1 fully saturated rings. The molecule has 1 N–H and O–H groups in total. The zero-order chi connectivity index (χ0) is 18.2. The summed E-state index contributed by atoms with van der Waals surface area (Å²) in [5.41, 5.74) is 1.16. The van der Waals surface area contributed by atoms with E-state index in [0.29, 0.717) is 6.54 Å². The molecule has 27 heavy (non-hydrogen) atoms. The quantitative estimate of drug-likeness (QED) is 0.401. The Hall–Kier alpha value is -1.94. The first-order valence-corrected chi connectivity index (χ1v) is 8.87. The average molecular weight is 482 g/mol. The van der Waals surface area contributed by atoms with E-state index in [2.05, 4.69) is 42.2 Å². The number of halogens is 1. The molecule has 1 saturated heterocycles. The van der Waals surface area contributed by atoms with E-state index in [4.69, 9.17) is 4.74 Å². The summed E-state index contributed by atoms with van der Waals surface area (Å²) in [6.45, 7) is 4.17. The number of methoxy groups -OCH3 is 1. The highest BCUT2D eigenvalue weighted by atomic mass is 127. The largest absolute Gasteiger partial charge is 0.375 e. The minimum Gasteiger partial charge on any atom is -0.375 e. The smallest absolute Gasteiger partial charge is 0.225 e. The summed E-state index contributed by atoms with van der Waals surface area (Å²) in [7, 11) is 3.56. The molecule has 8 heteroatoms. The number of ether oxygens (including phenoxy) is 1. The molecule has 2 heterocycles. The fourth-order valence-electron chi connectivity index (χ4n) is 3.09. The fraction of sp³-hybridized carbons (Fsp3) is 0.421. The van der Waals surface area contributed by atoms with E-state index in [-0.39, 0.29) is 30.1 Å². The van der Waals surface area contributed by atoms with Gasteiger partial charge in [0.25, 0.3) is 0 Å². The second-order valence-corrected chi connectivity index (χ2v) is 6.09. The van der Waals surface area contributed by atoms with Crippen molar-refractivity contribution >= 4 is 35.9 Å². The lowest BCUT2D eigenvalue weighted by atomic mass is 10.1. The molecule has 0 spiro atoms. The van der Waals surface area contributed by atoms with Crippen LogP contribution in [-0.2, 0) is 4.74 Å². The molecule has 7 nitrogen and oxygen atoms in total. The number of guanidine groups is 1. The van der Waals surface area contributed by atoms with Gasteiger partial charge < -0.3 is 19.9 Å². The van der Waals surface area contributed by atoms with Crippen LogP contribution in [0.25, 0.3) is 0 Å². The second-order valence-electron chi connectivity index (χ2n) is 6.09. The van der Waals surface area contributed by atoms with Crippen molar-refractivity contribution in [3.05, 3.63) is 54.4 Å². The van der Waals surface area contributed by atoms with Gasteiger partial charge in [-0.15, -0.1) is 24.0 Å². The van der Waals surface area contributed by atoms with Crippen LogP contribution in [-0.4, -0.2) is 67.7 Å². The third-order valence-electron chi connectivity index (χ3n) is 4.53. The Morgan fingerprint density at radius 1 is 1.11 bits per heavy atom. The lowest BCUT2D eigenvalue weighted by Crippen LogP contribution is -2.53. The van der Waals surface area contributed by atoms with Crippen LogP contribution in [0.1, 0.15) is 11.7 Å². The first-order chi connectivity index (χ1) is 12.8. The van der Waals surface area contributed by atoms with Crippen molar-refractivity contribution in [1.82, 2.24) is 20.2 Å². The molecule has 1 atom stereocenters. The van der Waals surface area contributed by atoms with Gasteiger partial charge in [-0.05, 0) is 11.6 Å². The monoisotopic (exact) mass is 482 g/mol. The molecular formula is C19H27IN6O. The number of nitrogens with one attached hydrogen (secondary N) is 1. The lowest BCUT2D eigenvalue weighted by molar-refractivity contribution is 0.105. The number of rotatable bonds is 5. The Kier molecular flexibility index (Phi) is 8.73. The summed E-state index contributed by atoms with van der Waals surface area (Å²) >= 11 is 0. The number of hydrogen-bond acceptors (Lipinski definition) is 5. The van der Waals surface area contributed by atoms with Crippen molar-refractivity contribution < 1.29 is 4.74 Å². The van der Waals surface area contributed by atoms with Gasteiger partial charge in [-0.3, -0.25) is 4.99 Å². The normalized spacial score (nSPS) is 15.9. The molecule has 2 aromatic rings. The molecule has 3 rings (SSSR count). The van der Waals surface area contributed by atoms with Gasteiger partial charge in [0.1, 0.15) is 0 Å². The van der Waals surface area contributed by atoms with Crippen molar-refractivity contribution in [3.63, 3.8) is 0 Å². The Morgan fingerprint density at radius 2 is 1.78 bits per heavy atom. The van der Waals surface area contributed by atoms with Crippen molar-refractivity contribution in [1.29, 1.82) is 0 Å². The van der Waals surface area contributed by atoms with Gasteiger partial charge in [0.05, 0.1) is 6.10 Å². The zero-order valence-electron chi connectivity index (χ0n) is 15.8. The van der Waals surface area contributed by atoms with E-state index >= 15 is 0 Å². The highest BCUT2D eigenvalue weighted by molar-refractivity contribution is 14.0. The van der Waals surface area contributed by atoms with Crippen molar-refractivity contribution in [2.24, 2.45) is 4.99 Å². The first kappa shape index (κ1) is 21.4. The van der Waals surface area contributed by atoms with Crippen LogP contribution in [0.5, 0.6) is 0 Å². The number of benzene rings is 1. The summed E-state index contributed by atoms with van der Waals surface area (Å²) in [6.07, 6.45) is 3.56. The van der Waals surface area contributed by atoms with Crippen molar-refractivity contribution in [3.8, 4) is 0 Å². The molecule has 0 aliphatic carbocycles. The van der Waals surface area contributed by atoms with E-state index in [1.54, 1.807) is 19.5 Å². The number of nitrogens with zero attached hydrogens (tertiary/aromatic N) is 5. The average Bonchev–Trinajstić information content (AvgIpc) is 2.73. The highest BCUT2D eigenvalue weighted by Crippen LogP contribution is 2.15. The maximum atomic E-state index is 5.63. The topological polar surface area (TPSA) is 65.9 Å². The van der Waals surface area contributed by atoms with Crippen LogP contribution in [0.4, 0.5) is 5.95 Å². The van der Waals surface area contributed by atoms with Crippen LogP contribution < -0.4 is 10.2 Å². The minimum absolute atomic E-state index is 0. The molecule has 146 valence electrons. The van der Waals surface area contributed by atoms with Gasteiger partial charge in [0, 0.05) is 59.3 Å². The second kappa shape index (κ2) is 11.0. The molecule has 1 aliphatic heterocycles. The maximum Gasteiger partial charge on any atom is 0.225 e. The van der Waals surface area contributed by atoms with Gasteiger partial charge >= 0.3 is 0 Å². The summed E-state index contributed by atoms with van der Waals surface area (Å²) in [4.78, 5) is 17.6. The number of aliphatic imine (C=N–C) groups is 1. The predicted molar refractivity (Wildman–Crippen MR) is 119 cm³/mol. The number of anilines is 1. The van der Waals surface area contributed by atoms with Crippen LogP contribution in [0.15, 0.2) is 53.8 Å². The number of aromatic nitrogens is 2. The Balaban J connectivity index is 0.00000261. The minimum atomic E-state index is -0.00745. The van der Waals surface area contributed by atoms with Crippen LogP contribution >= 0.6 is 24.0 Å². The molecule has 1 aromatic heterocycles. The molecule has 1 aromatic carbocycles. The van der Waals surface area contributed by atoms with Crippen molar-refractivity contribution in [2.45, 2.75) is 6.10 Å². The molecule has 0 radical (unpaired) electrons. The fourth-order valence-corrected chi connectivity index (χ4v) is 3.09. The molecule has 1 aliphatic rings. The molecular weight excluding hydrogens is 455 g/mol. The lowest BCUT2D eigenvalue weighted by Gasteiger charge is -2.36. The summed E-state index contributed by atoms with van der Waals surface area (Å²) in [5.74, 6) is 1.69. The summed E-state index contributed by atoms with van der Waals surface area (Å²) in [6, 6.07) is 12.1. The van der Waals surface area contributed by atoms with E-state index in [1.807, 2.05) is 31.3 Å². The van der Waals surface area contributed by atoms with Gasteiger partial charge in [-0.2, -0.15) is 0 Å². The van der Waals surface area contributed by atoms with Crippen molar-refractivity contribution in [2.75, 3.05) is 51.8 Å². The molecule has 0 saturated carbocycles. The van der Waals surface area contributed by atoms with E-state index in [0.717, 1.165) is 43.7 Å². The van der Waals surface area contributed by atoms with Crippen LogP contribution in [0, 0.1) is 0 Å². The van der Waals surface area contributed by atoms with Crippen LogP contribution in [0.3, 0.4) is 0 Å². The van der Waals surface area contributed by atoms with Gasteiger partial charge in [-0.25, -0.2) is 9.97 Å². The number of piperazine rings is 1. The summed E-state index contributed by atoms with van der Waals surface area (Å²) < 4.78 is 5.63. The Labute approximate surface area is 177 Å². The van der Waals surface area contributed by atoms with E-state index < -0.39 is 0 Å². The van der Waals surface area contributed by atoms with E-state index in [9.17, 15) is 0 Å².